The number of alkyl halides is 3. The van der Waals surface area contributed by atoms with Crippen LogP contribution in [0.25, 0.3) is 5.57 Å². The van der Waals surface area contributed by atoms with Gasteiger partial charge in [-0.3, -0.25) is 4.90 Å². The summed E-state index contributed by atoms with van der Waals surface area (Å²) in [6.45, 7) is -0.277. The van der Waals surface area contributed by atoms with Crippen molar-refractivity contribution in [3.8, 4) is 0 Å². The highest BCUT2D eigenvalue weighted by atomic mass is 35.6. The fourth-order valence-corrected chi connectivity index (χ4v) is 3.37. The number of carbonyl (C=O) groups is 1. The topological polar surface area (TPSA) is 29.5 Å². The van der Waals surface area contributed by atoms with Crippen LogP contribution in [0.1, 0.15) is 24.8 Å². The van der Waals surface area contributed by atoms with Crippen molar-refractivity contribution in [3.63, 3.8) is 0 Å². The van der Waals surface area contributed by atoms with Crippen LogP contribution in [0.3, 0.4) is 0 Å². The summed E-state index contributed by atoms with van der Waals surface area (Å²) in [5.74, 6) is -0.259. The lowest BCUT2D eigenvalue weighted by Gasteiger charge is -2.33. The first-order valence-corrected chi connectivity index (χ1v) is 8.45. The number of carbonyl (C=O) groups excluding carboxylic acids is 1. The minimum absolute atomic E-state index is 0.0309. The van der Waals surface area contributed by atoms with Gasteiger partial charge in [0.15, 0.2) is 0 Å². The molecule has 0 unspecified atom stereocenters. The van der Waals surface area contributed by atoms with Crippen LogP contribution in [0.2, 0.25) is 0 Å². The van der Waals surface area contributed by atoms with Gasteiger partial charge in [-0.1, -0.05) is 53.0 Å². The number of nitrogens with zero attached hydrogens (tertiary/aromatic N) is 1. The van der Waals surface area contributed by atoms with Crippen molar-refractivity contribution in [1.29, 1.82) is 0 Å². The third kappa shape index (κ3) is 3.93. The van der Waals surface area contributed by atoms with E-state index in [1.807, 2.05) is 6.08 Å². The Bertz CT molecular complexity index is 627. The number of fused-ring (bicyclic) bond motifs is 2. The summed E-state index contributed by atoms with van der Waals surface area (Å²) in [5, 5.41) is 0. The Morgan fingerprint density at radius 1 is 1.26 bits per heavy atom. The van der Waals surface area contributed by atoms with Crippen LogP contribution < -0.4 is 0 Å². The second-order valence-corrected chi connectivity index (χ2v) is 8.29. The summed E-state index contributed by atoms with van der Waals surface area (Å²) < 4.78 is 16.5. The average molecular weight is 379 g/mol. The van der Waals surface area contributed by atoms with Crippen LogP contribution >= 0.6 is 34.8 Å². The van der Waals surface area contributed by atoms with Crippen LogP contribution in [-0.4, -0.2) is 33.5 Å². The van der Waals surface area contributed by atoms with E-state index >= 15 is 0 Å². The molecule has 2 bridgehead atoms. The van der Waals surface area contributed by atoms with E-state index in [1.165, 1.54) is 12.1 Å². The molecule has 1 aromatic rings. The highest BCUT2D eigenvalue weighted by Gasteiger charge is 2.41. The Kier molecular flexibility index (Phi) is 4.77. The van der Waals surface area contributed by atoms with E-state index in [0.717, 1.165) is 24.0 Å². The van der Waals surface area contributed by atoms with E-state index in [2.05, 4.69) is 0 Å². The van der Waals surface area contributed by atoms with Crippen LogP contribution in [0, 0.1) is 5.82 Å². The highest BCUT2D eigenvalue weighted by Crippen LogP contribution is 2.39. The number of ether oxygens (including phenoxy) is 1. The van der Waals surface area contributed by atoms with Crippen molar-refractivity contribution in [3.05, 3.63) is 41.7 Å². The summed E-state index contributed by atoms with van der Waals surface area (Å²) in [4.78, 5) is 14.0. The average Bonchev–Trinajstić information content (AvgIpc) is 2.75. The molecule has 1 saturated heterocycles. The van der Waals surface area contributed by atoms with Gasteiger partial charge >= 0.3 is 6.09 Å². The molecule has 124 valence electrons. The molecule has 1 aromatic carbocycles. The van der Waals surface area contributed by atoms with E-state index in [9.17, 15) is 9.18 Å². The SMILES string of the molecule is O=C(OCC(Cl)(Cl)Cl)N1[C@H]2CC[C@@H]1C=C(c1ccc(F)cc1)C2. The van der Waals surface area contributed by atoms with Crippen molar-refractivity contribution in [2.24, 2.45) is 0 Å². The number of hydrogen-bond donors (Lipinski definition) is 0. The van der Waals surface area contributed by atoms with Crippen LogP contribution in [0.5, 0.6) is 0 Å². The third-order valence-electron chi connectivity index (χ3n) is 4.18. The van der Waals surface area contributed by atoms with E-state index < -0.39 is 9.89 Å². The predicted molar refractivity (Wildman–Crippen MR) is 89.3 cm³/mol. The van der Waals surface area contributed by atoms with Gasteiger partial charge in [-0.15, -0.1) is 0 Å². The smallest absolute Gasteiger partial charge is 0.410 e. The molecule has 7 heteroatoms. The molecule has 3 rings (SSSR count). The molecule has 0 spiro atoms. The lowest BCUT2D eigenvalue weighted by atomic mass is 9.95. The zero-order chi connectivity index (χ0) is 16.6. The van der Waals surface area contributed by atoms with E-state index in [-0.39, 0.29) is 24.5 Å². The summed E-state index contributed by atoms with van der Waals surface area (Å²) in [6, 6.07) is 6.44. The van der Waals surface area contributed by atoms with E-state index in [1.54, 1.807) is 17.0 Å². The number of hydrogen-bond acceptors (Lipinski definition) is 2. The van der Waals surface area contributed by atoms with Crippen LogP contribution in [0.15, 0.2) is 30.3 Å². The molecule has 0 radical (unpaired) electrons. The molecule has 2 aliphatic rings. The van der Waals surface area contributed by atoms with Gasteiger partial charge < -0.3 is 4.74 Å². The largest absolute Gasteiger partial charge is 0.445 e. The summed E-state index contributed by atoms with van der Waals surface area (Å²) in [7, 11) is 0. The molecule has 2 heterocycles. The van der Waals surface area contributed by atoms with Crippen molar-refractivity contribution in [1.82, 2.24) is 4.90 Å². The van der Waals surface area contributed by atoms with Crippen LogP contribution in [-0.2, 0) is 4.74 Å². The highest BCUT2D eigenvalue weighted by molar-refractivity contribution is 6.67. The maximum absolute atomic E-state index is 13.0. The first kappa shape index (κ1) is 16.9. The minimum atomic E-state index is -1.61. The van der Waals surface area contributed by atoms with Gasteiger partial charge in [0.1, 0.15) is 12.4 Å². The molecular weight excluding hydrogens is 364 g/mol. The minimum Gasteiger partial charge on any atom is -0.445 e. The molecule has 2 aliphatic heterocycles. The van der Waals surface area contributed by atoms with Crippen molar-refractivity contribution in [2.45, 2.75) is 35.1 Å². The summed E-state index contributed by atoms with van der Waals surface area (Å²) >= 11 is 16.8. The molecule has 0 aliphatic carbocycles. The van der Waals surface area contributed by atoms with Crippen LogP contribution in [0.4, 0.5) is 9.18 Å². The standard InChI is InChI=1S/C16H15Cl3FNO2/c17-16(18,19)9-23-15(22)21-13-5-6-14(21)8-11(7-13)10-1-3-12(20)4-2-10/h1-4,7,13-14H,5-6,8-9H2/t13-,14+/m1/s1. The predicted octanol–water partition coefficient (Wildman–Crippen LogP) is 4.95. The Labute approximate surface area is 148 Å². The lowest BCUT2D eigenvalue weighted by molar-refractivity contribution is 0.0904. The maximum Gasteiger partial charge on any atom is 0.410 e. The Morgan fingerprint density at radius 3 is 2.57 bits per heavy atom. The molecule has 1 fully saturated rings. The number of amides is 1. The van der Waals surface area contributed by atoms with Crippen molar-refractivity contribution >= 4 is 46.5 Å². The van der Waals surface area contributed by atoms with Crippen molar-refractivity contribution < 1.29 is 13.9 Å². The third-order valence-corrected chi connectivity index (χ3v) is 4.51. The molecule has 2 atom stereocenters. The maximum atomic E-state index is 13.0. The Balaban J connectivity index is 1.73. The lowest BCUT2D eigenvalue weighted by Crippen LogP contribution is -2.44. The van der Waals surface area contributed by atoms with E-state index in [0.29, 0.717) is 6.42 Å². The van der Waals surface area contributed by atoms with Gasteiger partial charge in [0.05, 0.1) is 6.04 Å². The fraction of sp³-hybridized carbons (Fsp3) is 0.438. The first-order chi connectivity index (χ1) is 10.8. The van der Waals surface area contributed by atoms with Gasteiger partial charge in [-0.2, -0.15) is 0 Å². The first-order valence-electron chi connectivity index (χ1n) is 7.32. The monoisotopic (exact) mass is 377 g/mol. The van der Waals surface area contributed by atoms with Gasteiger partial charge in [0, 0.05) is 6.04 Å². The molecule has 0 saturated carbocycles. The zero-order valence-corrected chi connectivity index (χ0v) is 14.4. The second kappa shape index (κ2) is 6.50. The summed E-state index contributed by atoms with van der Waals surface area (Å²) in [6.07, 6.45) is 4.07. The van der Waals surface area contributed by atoms with Gasteiger partial charge in [-0.25, -0.2) is 9.18 Å². The van der Waals surface area contributed by atoms with Gasteiger partial charge in [0.25, 0.3) is 0 Å². The second-order valence-electron chi connectivity index (χ2n) is 5.78. The summed E-state index contributed by atoms with van der Waals surface area (Å²) in [5.41, 5.74) is 2.11. The zero-order valence-electron chi connectivity index (χ0n) is 12.1. The molecule has 0 aromatic heterocycles. The van der Waals surface area contributed by atoms with Gasteiger partial charge in [0.2, 0.25) is 3.79 Å². The van der Waals surface area contributed by atoms with E-state index in [4.69, 9.17) is 39.5 Å². The van der Waals surface area contributed by atoms with Gasteiger partial charge in [-0.05, 0) is 42.5 Å². The molecule has 23 heavy (non-hydrogen) atoms. The number of benzene rings is 1. The Hall–Kier alpha value is -0.970. The molecule has 1 amide bonds. The molecule has 0 N–H and O–H groups in total. The number of rotatable bonds is 2. The molecular formula is C16H15Cl3FNO2. The molecule has 3 nitrogen and oxygen atoms in total. The number of halogens is 4. The Morgan fingerprint density at radius 2 is 1.96 bits per heavy atom. The fourth-order valence-electron chi connectivity index (χ4n) is 3.21. The normalized spacial score (nSPS) is 23.7. The van der Waals surface area contributed by atoms with Crippen molar-refractivity contribution in [2.75, 3.05) is 6.61 Å². The quantitative estimate of drug-likeness (QED) is 0.681.